The fourth-order valence-corrected chi connectivity index (χ4v) is 2.55. The molecule has 1 heterocycles. The first kappa shape index (κ1) is 16.9. The van der Waals surface area contributed by atoms with Crippen molar-refractivity contribution in [1.82, 2.24) is 5.32 Å². The van der Waals surface area contributed by atoms with Crippen LogP contribution in [-0.2, 0) is 6.18 Å². The molecule has 2 aromatic carbocycles. The fourth-order valence-electron chi connectivity index (χ4n) is 2.55. The summed E-state index contributed by atoms with van der Waals surface area (Å²) >= 11 is 0. The molecule has 0 aliphatic carbocycles. The van der Waals surface area contributed by atoms with Gasteiger partial charge in [0, 0.05) is 23.6 Å². The van der Waals surface area contributed by atoms with Gasteiger partial charge in [0.15, 0.2) is 0 Å². The molecule has 0 aromatic heterocycles. The van der Waals surface area contributed by atoms with Crippen LogP contribution >= 0.6 is 0 Å². The molecule has 0 saturated carbocycles. The smallest absolute Gasteiger partial charge is 0.385 e. The maximum atomic E-state index is 12.7. The van der Waals surface area contributed by atoms with E-state index in [1.165, 1.54) is 12.1 Å². The average molecular weight is 347 g/mol. The molecule has 25 heavy (non-hydrogen) atoms. The normalized spacial score (nSPS) is 13.8. The molecule has 0 radical (unpaired) electrons. The third-order valence-electron chi connectivity index (χ3n) is 3.69. The zero-order chi connectivity index (χ0) is 17.9. The summed E-state index contributed by atoms with van der Waals surface area (Å²) in [6.07, 6.45) is -1.44. The van der Waals surface area contributed by atoms with Gasteiger partial charge < -0.3 is 16.0 Å². The summed E-state index contributed by atoms with van der Waals surface area (Å²) in [5.74, 6) is 0. The van der Waals surface area contributed by atoms with Gasteiger partial charge in [0.25, 0.3) is 0 Å². The molecule has 2 aromatic rings. The number of amides is 2. The monoisotopic (exact) mass is 347 g/mol. The number of carbonyl (C=O) groups is 1. The molecule has 1 aliphatic rings. The van der Waals surface area contributed by atoms with Crippen molar-refractivity contribution in [2.24, 2.45) is 0 Å². The molecule has 0 saturated heterocycles. The van der Waals surface area contributed by atoms with Crippen LogP contribution in [0.2, 0.25) is 0 Å². The van der Waals surface area contributed by atoms with Crippen LogP contribution in [0.4, 0.5) is 29.3 Å². The summed E-state index contributed by atoms with van der Waals surface area (Å²) in [4.78, 5) is 12.0. The maximum Gasteiger partial charge on any atom is 0.416 e. The van der Waals surface area contributed by atoms with E-state index in [0.717, 1.165) is 36.4 Å². The van der Waals surface area contributed by atoms with E-state index in [4.69, 9.17) is 0 Å². The van der Waals surface area contributed by atoms with Crippen molar-refractivity contribution in [2.75, 3.05) is 17.2 Å². The Bertz CT molecular complexity index is 815. The van der Waals surface area contributed by atoms with Crippen LogP contribution in [0.3, 0.4) is 0 Å². The van der Waals surface area contributed by atoms with Gasteiger partial charge in [-0.1, -0.05) is 24.3 Å². The molecular formula is C18H16F3N3O. The lowest BCUT2D eigenvalue weighted by atomic mass is 10.1. The Morgan fingerprint density at radius 1 is 1.00 bits per heavy atom. The Kier molecular flexibility index (Phi) is 4.65. The third kappa shape index (κ3) is 4.32. The van der Waals surface area contributed by atoms with E-state index in [9.17, 15) is 18.0 Å². The van der Waals surface area contributed by atoms with Crippen LogP contribution in [0.15, 0.2) is 54.6 Å². The summed E-state index contributed by atoms with van der Waals surface area (Å²) in [7, 11) is 0. The number of rotatable bonds is 3. The molecule has 0 fully saturated rings. The van der Waals surface area contributed by atoms with E-state index in [2.05, 4.69) is 22.0 Å². The highest BCUT2D eigenvalue weighted by molar-refractivity contribution is 6.00. The predicted molar refractivity (Wildman–Crippen MR) is 91.1 cm³/mol. The minimum absolute atomic E-state index is 0.0728. The Morgan fingerprint density at radius 2 is 1.68 bits per heavy atom. The van der Waals surface area contributed by atoms with Crippen molar-refractivity contribution in [1.29, 1.82) is 0 Å². The largest absolute Gasteiger partial charge is 0.416 e. The topological polar surface area (TPSA) is 53.2 Å². The number of halogens is 3. The second-order valence-electron chi connectivity index (χ2n) is 5.57. The van der Waals surface area contributed by atoms with E-state index in [1.54, 1.807) is 18.2 Å². The molecule has 130 valence electrons. The average Bonchev–Trinajstić information content (AvgIpc) is 3.09. The summed E-state index contributed by atoms with van der Waals surface area (Å²) in [6.45, 7) is 0.878. The van der Waals surface area contributed by atoms with Gasteiger partial charge in [-0.05, 0) is 42.3 Å². The quantitative estimate of drug-likeness (QED) is 0.755. The molecule has 3 rings (SSSR count). The SMILES string of the molecule is O=C(Nc1cccc(C2=CCCN2)c1)Nc1cccc(C(F)(F)F)c1. The molecule has 0 bridgehead atoms. The molecule has 0 unspecified atom stereocenters. The van der Waals surface area contributed by atoms with Crippen LogP contribution in [0.25, 0.3) is 5.70 Å². The van der Waals surface area contributed by atoms with Crippen molar-refractivity contribution < 1.29 is 18.0 Å². The summed E-state index contributed by atoms with van der Waals surface area (Å²) < 4.78 is 38.1. The van der Waals surface area contributed by atoms with Crippen molar-refractivity contribution in [2.45, 2.75) is 12.6 Å². The highest BCUT2D eigenvalue weighted by atomic mass is 19.4. The van der Waals surface area contributed by atoms with Crippen molar-refractivity contribution in [3.05, 3.63) is 65.7 Å². The first-order valence-electron chi connectivity index (χ1n) is 7.71. The van der Waals surface area contributed by atoms with Crippen LogP contribution in [0.5, 0.6) is 0 Å². The molecule has 2 amide bonds. The molecule has 4 nitrogen and oxygen atoms in total. The van der Waals surface area contributed by atoms with Gasteiger partial charge in [0.05, 0.1) is 5.56 Å². The number of anilines is 2. The van der Waals surface area contributed by atoms with E-state index < -0.39 is 17.8 Å². The lowest BCUT2D eigenvalue weighted by Crippen LogP contribution is -2.20. The first-order chi connectivity index (χ1) is 11.9. The number of alkyl halides is 3. The highest BCUT2D eigenvalue weighted by Crippen LogP contribution is 2.30. The molecule has 7 heteroatoms. The van der Waals surface area contributed by atoms with E-state index in [1.807, 2.05) is 6.07 Å². The first-order valence-corrected chi connectivity index (χ1v) is 7.71. The summed E-state index contributed by atoms with van der Waals surface area (Å²) in [6, 6.07) is 11.1. The maximum absolute atomic E-state index is 12.7. The zero-order valence-electron chi connectivity index (χ0n) is 13.2. The molecular weight excluding hydrogens is 331 g/mol. The van der Waals surface area contributed by atoms with Crippen molar-refractivity contribution in [3.63, 3.8) is 0 Å². The number of hydrogen-bond donors (Lipinski definition) is 3. The molecule has 0 atom stereocenters. The Balaban J connectivity index is 1.68. The van der Waals surface area contributed by atoms with Crippen molar-refractivity contribution in [3.8, 4) is 0 Å². The zero-order valence-corrected chi connectivity index (χ0v) is 13.2. The van der Waals surface area contributed by atoms with Gasteiger partial charge in [0.1, 0.15) is 0 Å². The molecule has 3 N–H and O–H groups in total. The number of urea groups is 1. The van der Waals surface area contributed by atoms with Gasteiger partial charge >= 0.3 is 12.2 Å². The van der Waals surface area contributed by atoms with Gasteiger partial charge in [-0.25, -0.2) is 4.79 Å². The van der Waals surface area contributed by atoms with Gasteiger partial charge in [-0.2, -0.15) is 13.2 Å². The standard InChI is InChI=1S/C18H16F3N3O/c19-18(20,21)13-5-2-7-15(11-13)24-17(25)23-14-6-1-4-12(10-14)16-8-3-9-22-16/h1-2,4-8,10-11,22H,3,9H2,(H2,23,24,25). The minimum atomic E-state index is -4.45. The molecule has 0 spiro atoms. The van der Waals surface area contributed by atoms with Gasteiger partial charge in [-0.3, -0.25) is 0 Å². The fraction of sp³-hybridized carbons (Fsp3) is 0.167. The summed E-state index contributed by atoms with van der Waals surface area (Å²) in [5, 5.41) is 8.28. The highest BCUT2D eigenvalue weighted by Gasteiger charge is 2.30. The van der Waals surface area contributed by atoms with Gasteiger partial charge in [-0.15, -0.1) is 0 Å². The Morgan fingerprint density at radius 3 is 2.32 bits per heavy atom. The minimum Gasteiger partial charge on any atom is -0.385 e. The van der Waals surface area contributed by atoms with E-state index >= 15 is 0 Å². The second-order valence-corrected chi connectivity index (χ2v) is 5.57. The van der Waals surface area contributed by atoms with Crippen LogP contribution in [-0.4, -0.2) is 12.6 Å². The Hall–Kier alpha value is -2.96. The lowest BCUT2D eigenvalue weighted by molar-refractivity contribution is -0.137. The third-order valence-corrected chi connectivity index (χ3v) is 3.69. The number of hydrogen-bond acceptors (Lipinski definition) is 2. The van der Waals surface area contributed by atoms with Crippen LogP contribution in [0, 0.1) is 0 Å². The van der Waals surface area contributed by atoms with Crippen LogP contribution in [0.1, 0.15) is 17.5 Å². The Labute approximate surface area is 142 Å². The van der Waals surface area contributed by atoms with Gasteiger partial charge in [0.2, 0.25) is 0 Å². The summed E-state index contributed by atoms with van der Waals surface area (Å²) in [5.41, 5.74) is 1.75. The predicted octanol–water partition coefficient (Wildman–Crippen LogP) is 4.68. The van der Waals surface area contributed by atoms with Crippen molar-refractivity contribution >= 4 is 23.1 Å². The number of benzene rings is 2. The van der Waals surface area contributed by atoms with Crippen LogP contribution < -0.4 is 16.0 Å². The van der Waals surface area contributed by atoms with E-state index in [0.29, 0.717) is 5.69 Å². The van der Waals surface area contributed by atoms with E-state index in [-0.39, 0.29) is 5.69 Å². The second kappa shape index (κ2) is 6.88. The molecule has 1 aliphatic heterocycles. The number of carbonyl (C=O) groups excluding carboxylic acids is 1. The lowest BCUT2D eigenvalue weighted by Gasteiger charge is -2.12. The number of nitrogens with one attached hydrogen (secondary N) is 3.